The second-order valence-electron chi connectivity index (χ2n) is 5.92. The van der Waals surface area contributed by atoms with Gasteiger partial charge in [0.15, 0.2) is 0 Å². The van der Waals surface area contributed by atoms with Gasteiger partial charge in [-0.1, -0.05) is 6.07 Å². The first-order valence-electron chi connectivity index (χ1n) is 7.93. The second kappa shape index (κ2) is 7.67. The fraction of sp³-hybridized carbons (Fsp3) is 0.500. The number of aromatic nitrogens is 2. The first-order chi connectivity index (χ1) is 11.7. The molecule has 1 aromatic heterocycles. The first kappa shape index (κ1) is 16.8. The van der Waals surface area contributed by atoms with Crippen molar-refractivity contribution >= 4 is 34.6 Å². The third-order valence-electron chi connectivity index (χ3n) is 4.20. The molecule has 7 nitrogen and oxygen atoms in total. The monoisotopic (exact) mass is 348 g/mol. The Morgan fingerprint density at radius 3 is 3.04 bits per heavy atom. The van der Waals surface area contributed by atoms with Crippen LogP contribution in [0, 0.1) is 5.92 Å². The van der Waals surface area contributed by atoms with Crippen molar-refractivity contribution in [2.75, 3.05) is 26.8 Å². The Hall–Kier alpha value is -2.06. The molecular weight excluding hydrogens is 328 g/mol. The molecular formula is C16H20N4O3S. The highest BCUT2D eigenvalue weighted by atomic mass is 32.1. The lowest BCUT2D eigenvalue weighted by atomic mass is 9.97. The normalized spacial score (nSPS) is 17.9. The number of likely N-dealkylation sites (tertiary alicyclic amines) is 1. The number of rotatable bonds is 5. The highest BCUT2D eigenvalue weighted by molar-refractivity contribution is 7.00. The SMILES string of the molecule is COCC(=O)N1CCC[C@H](C(=O)NCc2ccc3nsnc3c2)C1. The fourth-order valence-electron chi connectivity index (χ4n) is 2.90. The van der Waals surface area contributed by atoms with Gasteiger partial charge in [-0.05, 0) is 30.5 Å². The summed E-state index contributed by atoms with van der Waals surface area (Å²) in [6, 6.07) is 5.79. The molecule has 1 aliphatic heterocycles. The van der Waals surface area contributed by atoms with E-state index in [4.69, 9.17) is 4.74 Å². The summed E-state index contributed by atoms with van der Waals surface area (Å²) in [5.74, 6) is -0.234. The van der Waals surface area contributed by atoms with Gasteiger partial charge in [0.2, 0.25) is 11.8 Å². The molecule has 2 heterocycles. The number of benzene rings is 1. The summed E-state index contributed by atoms with van der Waals surface area (Å²) >= 11 is 1.18. The molecule has 0 spiro atoms. The van der Waals surface area contributed by atoms with E-state index >= 15 is 0 Å². The number of hydrogen-bond acceptors (Lipinski definition) is 6. The van der Waals surface area contributed by atoms with Crippen molar-refractivity contribution in [2.24, 2.45) is 5.92 Å². The van der Waals surface area contributed by atoms with Crippen LogP contribution in [0.3, 0.4) is 0 Å². The Bertz CT molecular complexity index is 733. The minimum Gasteiger partial charge on any atom is -0.375 e. The number of nitrogens with one attached hydrogen (secondary N) is 1. The quantitative estimate of drug-likeness (QED) is 0.877. The molecule has 2 aromatic rings. The Labute approximate surface area is 144 Å². The largest absolute Gasteiger partial charge is 0.375 e. The van der Waals surface area contributed by atoms with Gasteiger partial charge >= 0.3 is 0 Å². The Balaban J connectivity index is 1.55. The van der Waals surface area contributed by atoms with E-state index in [1.54, 1.807) is 4.90 Å². The molecule has 1 saturated heterocycles. The van der Waals surface area contributed by atoms with Gasteiger partial charge in [0.1, 0.15) is 17.6 Å². The summed E-state index contributed by atoms with van der Waals surface area (Å²) in [5.41, 5.74) is 2.71. The van der Waals surface area contributed by atoms with Gasteiger partial charge in [0.25, 0.3) is 0 Å². The van der Waals surface area contributed by atoms with Crippen molar-refractivity contribution in [1.29, 1.82) is 0 Å². The lowest BCUT2D eigenvalue weighted by Crippen LogP contribution is -2.46. The van der Waals surface area contributed by atoms with Crippen molar-refractivity contribution in [1.82, 2.24) is 19.0 Å². The zero-order valence-electron chi connectivity index (χ0n) is 13.5. The van der Waals surface area contributed by atoms with Gasteiger partial charge in [-0.3, -0.25) is 9.59 Å². The van der Waals surface area contributed by atoms with Crippen molar-refractivity contribution in [2.45, 2.75) is 19.4 Å². The van der Waals surface area contributed by atoms with Gasteiger partial charge in [0.05, 0.1) is 17.6 Å². The van der Waals surface area contributed by atoms with Crippen LogP contribution in [-0.4, -0.2) is 52.3 Å². The molecule has 1 aliphatic rings. The third kappa shape index (κ3) is 3.88. The molecule has 1 N–H and O–H groups in total. The van der Waals surface area contributed by atoms with Crippen LogP contribution >= 0.6 is 11.7 Å². The lowest BCUT2D eigenvalue weighted by molar-refractivity contribution is -0.139. The van der Waals surface area contributed by atoms with Gasteiger partial charge < -0.3 is 15.0 Å². The molecule has 1 atom stereocenters. The zero-order valence-corrected chi connectivity index (χ0v) is 14.3. The lowest BCUT2D eigenvalue weighted by Gasteiger charge is -2.31. The summed E-state index contributed by atoms with van der Waals surface area (Å²) in [5, 5.41) is 2.96. The van der Waals surface area contributed by atoms with E-state index in [0.717, 1.165) is 29.4 Å². The minimum absolute atomic E-state index is 0.0126. The van der Waals surface area contributed by atoms with Crippen molar-refractivity contribution in [3.8, 4) is 0 Å². The predicted octanol–water partition coefficient (Wildman–Crippen LogP) is 1.19. The number of carbonyl (C=O) groups is 2. The first-order valence-corrected chi connectivity index (χ1v) is 8.66. The van der Waals surface area contributed by atoms with Crippen LogP contribution in [-0.2, 0) is 20.9 Å². The van der Waals surface area contributed by atoms with Crippen LogP contribution in [0.1, 0.15) is 18.4 Å². The van der Waals surface area contributed by atoms with Crippen LogP contribution in [0.2, 0.25) is 0 Å². The van der Waals surface area contributed by atoms with E-state index in [2.05, 4.69) is 14.1 Å². The Morgan fingerprint density at radius 1 is 1.38 bits per heavy atom. The number of methoxy groups -OCH3 is 1. The summed E-state index contributed by atoms with van der Waals surface area (Å²) in [7, 11) is 1.50. The Morgan fingerprint density at radius 2 is 2.21 bits per heavy atom. The number of hydrogen-bond donors (Lipinski definition) is 1. The number of piperidine rings is 1. The molecule has 0 unspecified atom stereocenters. The highest BCUT2D eigenvalue weighted by Crippen LogP contribution is 2.18. The molecule has 0 bridgehead atoms. The summed E-state index contributed by atoms with van der Waals surface area (Å²) in [6.07, 6.45) is 1.64. The molecule has 0 radical (unpaired) electrons. The molecule has 0 aliphatic carbocycles. The minimum atomic E-state index is -0.163. The molecule has 3 rings (SSSR count). The van der Waals surface area contributed by atoms with Crippen LogP contribution < -0.4 is 5.32 Å². The molecule has 2 amide bonds. The zero-order chi connectivity index (χ0) is 16.9. The van der Waals surface area contributed by atoms with Crippen LogP contribution in [0.5, 0.6) is 0 Å². The van der Waals surface area contributed by atoms with E-state index in [9.17, 15) is 9.59 Å². The van der Waals surface area contributed by atoms with Gasteiger partial charge in [-0.15, -0.1) is 0 Å². The van der Waals surface area contributed by atoms with Gasteiger partial charge in [-0.2, -0.15) is 8.75 Å². The fourth-order valence-corrected chi connectivity index (χ4v) is 3.42. The molecule has 24 heavy (non-hydrogen) atoms. The second-order valence-corrected chi connectivity index (χ2v) is 6.45. The molecule has 8 heteroatoms. The Kier molecular flexibility index (Phi) is 5.37. The van der Waals surface area contributed by atoms with Crippen LogP contribution in [0.4, 0.5) is 0 Å². The molecule has 1 fully saturated rings. The van der Waals surface area contributed by atoms with Crippen molar-refractivity contribution in [3.05, 3.63) is 23.8 Å². The average molecular weight is 348 g/mol. The molecule has 0 saturated carbocycles. The van der Waals surface area contributed by atoms with E-state index in [1.807, 2.05) is 18.2 Å². The highest BCUT2D eigenvalue weighted by Gasteiger charge is 2.28. The predicted molar refractivity (Wildman–Crippen MR) is 90.4 cm³/mol. The molecule has 1 aromatic carbocycles. The number of carbonyl (C=O) groups excluding carboxylic acids is 2. The smallest absolute Gasteiger partial charge is 0.248 e. The molecule has 128 valence electrons. The standard InChI is InChI=1S/C16H20N4O3S/c1-23-10-15(21)20-6-2-3-12(9-20)16(22)17-8-11-4-5-13-14(7-11)19-24-18-13/h4-5,7,12H,2-3,6,8-10H2,1H3,(H,17,22)/t12-/m0/s1. The van der Waals surface area contributed by atoms with Crippen LogP contribution in [0.25, 0.3) is 11.0 Å². The van der Waals surface area contributed by atoms with Crippen molar-refractivity contribution < 1.29 is 14.3 Å². The number of amides is 2. The maximum Gasteiger partial charge on any atom is 0.248 e. The van der Waals surface area contributed by atoms with Gasteiger partial charge in [-0.25, -0.2) is 0 Å². The number of ether oxygens (including phenoxy) is 1. The topological polar surface area (TPSA) is 84.4 Å². The van der Waals surface area contributed by atoms with E-state index < -0.39 is 0 Å². The maximum absolute atomic E-state index is 12.4. The summed E-state index contributed by atoms with van der Waals surface area (Å²) in [4.78, 5) is 26.0. The van der Waals surface area contributed by atoms with E-state index in [1.165, 1.54) is 18.8 Å². The third-order valence-corrected chi connectivity index (χ3v) is 4.75. The van der Waals surface area contributed by atoms with Gasteiger partial charge in [0, 0.05) is 26.7 Å². The number of nitrogens with zero attached hydrogens (tertiary/aromatic N) is 3. The summed E-state index contributed by atoms with van der Waals surface area (Å²) in [6.45, 7) is 1.67. The van der Waals surface area contributed by atoms with E-state index in [-0.39, 0.29) is 24.3 Å². The van der Waals surface area contributed by atoms with Crippen molar-refractivity contribution in [3.63, 3.8) is 0 Å². The average Bonchev–Trinajstić information content (AvgIpc) is 3.07. The summed E-state index contributed by atoms with van der Waals surface area (Å²) < 4.78 is 13.3. The van der Waals surface area contributed by atoms with Crippen LogP contribution in [0.15, 0.2) is 18.2 Å². The number of fused-ring (bicyclic) bond motifs is 1. The maximum atomic E-state index is 12.4. The van der Waals surface area contributed by atoms with E-state index in [0.29, 0.717) is 19.6 Å².